The number of unbranched alkanes of at least 4 members (excludes halogenated alkanes) is 20. The summed E-state index contributed by atoms with van der Waals surface area (Å²) in [5.74, 6) is 2.41. The molecule has 2 heterocycles. The van der Waals surface area contributed by atoms with Gasteiger partial charge in [-0.15, -0.1) is 20.4 Å². The first-order valence-corrected chi connectivity index (χ1v) is 45.8. The lowest BCUT2D eigenvalue weighted by Crippen LogP contribution is -2.26. The largest absolute Gasteiger partial charge is 0.416 e. The van der Waals surface area contributed by atoms with Crippen molar-refractivity contribution in [1.82, 2.24) is 20.4 Å². The molecule has 5 aliphatic rings. The van der Waals surface area contributed by atoms with Crippen LogP contribution in [0.3, 0.4) is 0 Å². The van der Waals surface area contributed by atoms with E-state index < -0.39 is 0 Å². The van der Waals surface area contributed by atoms with E-state index in [0.29, 0.717) is 23.6 Å². The average molecular weight is 1540 g/mol. The molecule has 12 aromatic rings. The Morgan fingerprint density at radius 2 is 0.526 bits per heavy atom. The maximum absolute atomic E-state index is 6.87. The lowest BCUT2D eigenvalue weighted by atomic mass is 9.70. The first-order chi connectivity index (χ1) is 56.9. The predicted octanol–water partition coefficient (Wildman–Crippen LogP) is 31.8. The quantitative estimate of drug-likeness (QED) is 0.0364. The van der Waals surface area contributed by atoms with Crippen LogP contribution in [0, 0.1) is 27.7 Å². The van der Waals surface area contributed by atoms with Gasteiger partial charge in [0.05, 0.1) is 5.41 Å². The van der Waals surface area contributed by atoms with Gasteiger partial charge in [0, 0.05) is 38.5 Å². The zero-order valence-corrected chi connectivity index (χ0v) is 71.7. The Labute approximate surface area is 694 Å². The van der Waals surface area contributed by atoms with Gasteiger partial charge in [-0.1, -0.05) is 377 Å². The van der Waals surface area contributed by atoms with Gasteiger partial charge in [-0.25, -0.2) is 0 Å². The molecule has 0 saturated carbocycles. The third-order valence-electron chi connectivity index (χ3n) is 27.8. The predicted molar refractivity (Wildman–Crippen MR) is 486 cm³/mol. The monoisotopic (exact) mass is 1530 g/mol. The van der Waals surface area contributed by atoms with Crippen LogP contribution in [0.2, 0.25) is 0 Å². The minimum Gasteiger partial charge on any atom is -0.416 e. The van der Waals surface area contributed by atoms with Crippen molar-refractivity contribution in [3.8, 4) is 101 Å². The van der Waals surface area contributed by atoms with Gasteiger partial charge in [0.2, 0.25) is 23.6 Å². The summed E-state index contributed by atoms with van der Waals surface area (Å²) in [5.41, 5.74) is 36.4. The molecular weight excluding hydrogens is 1410 g/mol. The minimum absolute atomic E-state index is 0.00664. The molecule has 0 amide bonds. The highest BCUT2D eigenvalue weighted by molar-refractivity contribution is 5.97. The number of aryl methyl sites for hydroxylation is 4. The van der Waals surface area contributed by atoms with Crippen LogP contribution in [0.15, 0.2) is 203 Å². The van der Waals surface area contributed by atoms with E-state index in [1.807, 2.05) is 0 Å². The van der Waals surface area contributed by atoms with Crippen molar-refractivity contribution >= 4 is 0 Å². The van der Waals surface area contributed by atoms with E-state index in [1.54, 1.807) is 0 Å². The van der Waals surface area contributed by atoms with E-state index >= 15 is 0 Å². The third-order valence-corrected chi connectivity index (χ3v) is 27.8. The van der Waals surface area contributed by atoms with Crippen LogP contribution in [0.4, 0.5) is 0 Å². The standard InChI is InChI=1S/C58H60N2O.C52H66N2O/c1-5-7-9-11-13-21-33-57(34-22-14-12-10-8-6-2)52-36-39(3)29-31-45(52)54-47(35-40(4)37-53(54)57)56-60-59-55(61-56)41-30-32-51-46(38-41)44-25-17-20-28-50(44)58(51)48-26-18-15-23-42(48)43-24-16-19-27-49(43)58;1-7-11-13-15-17-21-31-52(32-22-18-16-14-12-8-2)45-34-37(5)25-27-42(45)48-43(33-38(6)35-47(48)52)50-54-53-49(55-50)39-26-28-41-40-23-19-20-24-44(40)51(29-9-3,30-10-4)46(41)36-39/h15-20,23-32,35-38H,5-14,21-22,33-34H2,1-4H3;19-20,23-28,33-36H,7-18,21-22,29-32H2,1-6H3. The lowest BCUT2D eigenvalue weighted by molar-refractivity contribution is 0.397. The van der Waals surface area contributed by atoms with Gasteiger partial charge in [0.1, 0.15) is 0 Å². The number of aromatic nitrogens is 4. The smallest absolute Gasteiger partial charge is 0.248 e. The Morgan fingerprint density at radius 3 is 0.948 bits per heavy atom. The summed E-state index contributed by atoms with van der Waals surface area (Å²) >= 11 is 0. The molecule has 116 heavy (non-hydrogen) atoms. The molecule has 0 radical (unpaired) electrons. The topological polar surface area (TPSA) is 77.8 Å². The molecule has 0 aliphatic heterocycles. The van der Waals surface area contributed by atoms with E-state index in [0.717, 1.165) is 47.9 Å². The molecule has 0 bridgehead atoms. The second kappa shape index (κ2) is 35.3. The first kappa shape index (κ1) is 80.3. The number of benzene rings is 10. The fourth-order valence-corrected chi connectivity index (χ4v) is 22.5. The zero-order chi connectivity index (χ0) is 80.0. The number of hydrogen-bond acceptors (Lipinski definition) is 6. The van der Waals surface area contributed by atoms with E-state index in [4.69, 9.17) is 29.2 Å². The Bertz CT molecular complexity index is 5380. The molecule has 598 valence electrons. The Balaban J connectivity index is 0.000000175. The van der Waals surface area contributed by atoms with Crippen LogP contribution < -0.4 is 0 Å². The van der Waals surface area contributed by atoms with E-state index in [2.05, 4.69) is 263 Å². The van der Waals surface area contributed by atoms with Gasteiger partial charge in [-0.05, 0) is 225 Å². The van der Waals surface area contributed by atoms with Crippen LogP contribution in [0.1, 0.15) is 325 Å². The molecule has 5 aliphatic carbocycles. The number of nitrogens with zero attached hydrogens (tertiary/aromatic N) is 4. The zero-order valence-electron chi connectivity index (χ0n) is 71.7. The van der Waals surface area contributed by atoms with Crippen LogP contribution in [0.25, 0.3) is 101 Å². The molecule has 0 fully saturated rings. The second-order valence-electron chi connectivity index (χ2n) is 35.7. The molecule has 0 N–H and O–H groups in total. The van der Waals surface area contributed by atoms with Gasteiger partial charge in [0.25, 0.3) is 0 Å². The number of rotatable bonds is 36. The Morgan fingerprint density at radius 1 is 0.216 bits per heavy atom. The summed E-state index contributed by atoms with van der Waals surface area (Å²) in [6.07, 6.45) is 40.8. The molecule has 10 aromatic carbocycles. The number of fused-ring (bicyclic) bond motifs is 19. The summed E-state index contributed by atoms with van der Waals surface area (Å²) < 4.78 is 13.7. The summed E-state index contributed by atoms with van der Waals surface area (Å²) in [7, 11) is 0. The van der Waals surface area contributed by atoms with E-state index in [9.17, 15) is 0 Å². The summed E-state index contributed by atoms with van der Waals surface area (Å²) in [4.78, 5) is 0. The fraction of sp³-hybridized carbons (Fsp3) is 0.418. The molecule has 17 rings (SSSR count). The maximum atomic E-state index is 6.87. The van der Waals surface area contributed by atoms with Gasteiger partial charge in [-0.2, -0.15) is 0 Å². The van der Waals surface area contributed by atoms with Crippen LogP contribution in [-0.2, 0) is 21.7 Å². The van der Waals surface area contributed by atoms with E-state index in [1.165, 1.54) is 313 Å². The van der Waals surface area contributed by atoms with Gasteiger partial charge in [0.15, 0.2) is 0 Å². The fourth-order valence-electron chi connectivity index (χ4n) is 22.5. The van der Waals surface area contributed by atoms with Crippen molar-refractivity contribution in [2.24, 2.45) is 0 Å². The van der Waals surface area contributed by atoms with Crippen LogP contribution >= 0.6 is 0 Å². The Hall–Kier alpha value is -9.52. The first-order valence-electron chi connectivity index (χ1n) is 45.8. The average Bonchev–Trinajstić information content (AvgIpc) is 1.50. The molecule has 6 heteroatoms. The molecule has 0 saturated heterocycles. The van der Waals surface area contributed by atoms with Crippen molar-refractivity contribution in [3.05, 3.63) is 272 Å². The summed E-state index contributed by atoms with van der Waals surface area (Å²) in [5, 5.41) is 19.3. The molecule has 1 spiro atoms. The molecular formula is C110H126N4O2. The van der Waals surface area contributed by atoms with Crippen molar-refractivity contribution in [3.63, 3.8) is 0 Å². The highest BCUT2D eigenvalue weighted by atomic mass is 16.4. The van der Waals surface area contributed by atoms with Gasteiger partial charge in [-0.3, -0.25) is 0 Å². The van der Waals surface area contributed by atoms with Gasteiger partial charge < -0.3 is 8.83 Å². The highest BCUT2D eigenvalue weighted by Crippen LogP contribution is 2.65. The van der Waals surface area contributed by atoms with Crippen molar-refractivity contribution in [1.29, 1.82) is 0 Å². The number of hydrogen-bond donors (Lipinski definition) is 0. The summed E-state index contributed by atoms with van der Waals surface area (Å²) in [6, 6.07) is 73.7. The Kier molecular flexibility index (Phi) is 24.5. The second-order valence-corrected chi connectivity index (χ2v) is 35.7. The van der Waals surface area contributed by atoms with Crippen LogP contribution in [0.5, 0.6) is 0 Å². The lowest BCUT2D eigenvalue weighted by Gasteiger charge is -2.33. The van der Waals surface area contributed by atoms with Crippen molar-refractivity contribution in [2.75, 3.05) is 0 Å². The third kappa shape index (κ3) is 14.6. The molecule has 0 atom stereocenters. The SMILES string of the molecule is CCCCCCCCC1(CCCCCCCC)c2cc(C)ccc2-c2c(-c3nnc(-c4ccc5c(c4)-c4ccccc4C54c5ccccc5-c5ccccc54)o3)cc(C)cc21.CCCCCCCCC1(CCCCCCCC)c2cc(C)ccc2-c2c(-c3nnc(-c4ccc5c(c4)C(CCC)(CCC)c4ccccc4-5)o3)cc(C)cc21. The minimum atomic E-state index is -0.372. The molecule has 6 nitrogen and oxygen atoms in total. The van der Waals surface area contributed by atoms with Gasteiger partial charge >= 0.3 is 0 Å². The van der Waals surface area contributed by atoms with Crippen molar-refractivity contribution in [2.45, 2.75) is 296 Å². The summed E-state index contributed by atoms with van der Waals surface area (Å²) in [6.45, 7) is 22.9. The maximum Gasteiger partial charge on any atom is 0.248 e. The highest BCUT2D eigenvalue weighted by Gasteiger charge is 2.53. The van der Waals surface area contributed by atoms with E-state index in [-0.39, 0.29) is 21.7 Å². The van der Waals surface area contributed by atoms with Crippen LogP contribution in [-0.4, -0.2) is 20.4 Å². The molecule has 0 unspecified atom stereocenters. The molecule has 2 aromatic heterocycles. The normalized spacial score (nSPS) is 14.5. The van der Waals surface area contributed by atoms with Crippen molar-refractivity contribution < 1.29 is 8.83 Å².